The zero-order valence-electron chi connectivity index (χ0n) is 22.7. The van der Waals surface area contributed by atoms with Gasteiger partial charge in [-0.3, -0.25) is 20.2 Å². The lowest BCUT2D eigenvalue weighted by atomic mass is 9.96. The molecular weight excluding hydrogens is 576 g/mol. The van der Waals surface area contributed by atoms with Crippen LogP contribution < -0.4 is 5.73 Å². The number of ether oxygens (including phenoxy) is 2. The molecule has 4 rings (SSSR count). The van der Waals surface area contributed by atoms with E-state index in [0.717, 1.165) is 0 Å². The molecule has 2 N–H and O–H groups in total. The van der Waals surface area contributed by atoms with Gasteiger partial charge in [0.2, 0.25) is 0 Å². The lowest BCUT2D eigenvalue weighted by Crippen LogP contribution is -2.12. The minimum absolute atomic E-state index is 0.101. The topological polar surface area (TPSA) is 189 Å². The molecule has 0 unspecified atom stereocenters. The lowest BCUT2D eigenvalue weighted by Gasteiger charge is -2.10. The number of rotatable bonds is 7. The van der Waals surface area contributed by atoms with E-state index in [-0.39, 0.29) is 33.1 Å². The Morgan fingerprint density at radius 2 is 1.19 bits per heavy atom. The number of nitrogens with zero attached hydrogens (tertiary/aromatic N) is 3. The third-order valence-electron chi connectivity index (χ3n) is 6.05. The van der Waals surface area contributed by atoms with Crippen LogP contribution in [-0.4, -0.2) is 41.0 Å². The molecule has 12 nitrogen and oxygen atoms in total. The van der Waals surface area contributed by atoms with Crippen molar-refractivity contribution in [3.05, 3.63) is 127 Å². The Balaban J connectivity index is 0.000000236. The SMILES string of the molecule is COC(=O)c1cc(C#N)ccc1-c1ccccc1[N+](=O)[O-].COC(=O)c1cc(C(N)=S)ccc1-c1ccccc1[N+](=O)[O-]. The Morgan fingerprint density at radius 3 is 1.60 bits per heavy atom. The Bertz CT molecular complexity index is 1800. The van der Waals surface area contributed by atoms with Crippen LogP contribution in [0.25, 0.3) is 22.3 Å². The van der Waals surface area contributed by atoms with Crippen LogP contribution in [0.1, 0.15) is 31.8 Å². The molecule has 0 spiro atoms. The highest BCUT2D eigenvalue weighted by molar-refractivity contribution is 7.80. The number of esters is 2. The predicted molar refractivity (Wildman–Crippen MR) is 160 cm³/mol. The van der Waals surface area contributed by atoms with Crippen LogP contribution in [0.15, 0.2) is 84.9 Å². The zero-order valence-corrected chi connectivity index (χ0v) is 23.5. The van der Waals surface area contributed by atoms with Crippen molar-refractivity contribution in [3.8, 4) is 28.3 Å². The van der Waals surface area contributed by atoms with Gasteiger partial charge in [-0.2, -0.15) is 5.26 Å². The van der Waals surface area contributed by atoms with Gasteiger partial charge >= 0.3 is 11.9 Å². The molecule has 0 heterocycles. The standard InChI is InChI=1S/C15H12N2O4S.C15H10N2O4/c1-21-15(18)12-8-9(14(16)22)6-7-10(12)11-4-2-3-5-13(11)17(19)20;1-21-15(18)13-8-10(9-16)6-7-11(13)12-4-2-3-5-14(12)17(19)20/h2-8H,1H3,(H2,16,22);2-8H,1H3. The van der Waals surface area contributed by atoms with Gasteiger partial charge in [0, 0.05) is 28.8 Å². The number of para-hydroxylation sites is 2. The second-order valence-electron chi connectivity index (χ2n) is 8.53. The zero-order chi connectivity index (χ0) is 31.7. The molecule has 4 aromatic rings. The van der Waals surface area contributed by atoms with Gasteiger partial charge in [0.05, 0.1) is 58.0 Å². The first-order chi connectivity index (χ1) is 20.5. The van der Waals surface area contributed by atoms with Crippen LogP contribution in [0.3, 0.4) is 0 Å². The summed E-state index contributed by atoms with van der Waals surface area (Å²) in [4.78, 5) is 45.2. The van der Waals surface area contributed by atoms with E-state index in [1.165, 1.54) is 50.6 Å². The van der Waals surface area contributed by atoms with Gasteiger partial charge in [-0.15, -0.1) is 0 Å². The number of carbonyl (C=O) groups is 2. The summed E-state index contributed by atoms with van der Waals surface area (Å²) in [5.74, 6) is -1.27. The molecule has 13 heteroatoms. The van der Waals surface area contributed by atoms with E-state index in [0.29, 0.717) is 27.8 Å². The first-order valence-electron chi connectivity index (χ1n) is 12.2. The van der Waals surface area contributed by atoms with Crippen LogP contribution in [0.4, 0.5) is 11.4 Å². The van der Waals surface area contributed by atoms with E-state index in [4.69, 9.17) is 28.0 Å². The number of nitro groups is 2. The number of nitriles is 1. The Morgan fingerprint density at radius 1 is 0.744 bits per heavy atom. The van der Waals surface area contributed by atoms with E-state index >= 15 is 0 Å². The molecule has 0 aliphatic carbocycles. The average Bonchev–Trinajstić information content (AvgIpc) is 3.03. The van der Waals surface area contributed by atoms with E-state index in [9.17, 15) is 29.8 Å². The van der Waals surface area contributed by atoms with Crippen molar-refractivity contribution in [2.24, 2.45) is 5.73 Å². The maximum absolute atomic E-state index is 12.0. The summed E-state index contributed by atoms with van der Waals surface area (Å²) < 4.78 is 9.42. The Hall–Kier alpha value is -6.00. The van der Waals surface area contributed by atoms with Crippen LogP contribution in [0.5, 0.6) is 0 Å². The summed E-state index contributed by atoms with van der Waals surface area (Å²) in [7, 11) is 2.45. The lowest BCUT2D eigenvalue weighted by molar-refractivity contribution is -0.384. The van der Waals surface area contributed by atoms with Crippen molar-refractivity contribution < 1.29 is 28.9 Å². The van der Waals surface area contributed by atoms with E-state index < -0.39 is 21.8 Å². The number of benzene rings is 4. The number of nitrogens with two attached hydrogens (primary N) is 1. The molecule has 0 aliphatic heterocycles. The van der Waals surface area contributed by atoms with Gasteiger partial charge in [0.1, 0.15) is 4.99 Å². The molecule has 43 heavy (non-hydrogen) atoms. The second kappa shape index (κ2) is 14.1. The average molecular weight is 599 g/mol. The first kappa shape index (κ1) is 31.5. The summed E-state index contributed by atoms with van der Waals surface area (Å²) in [6, 6.07) is 23.2. The second-order valence-corrected chi connectivity index (χ2v) is 8.97. The van der Waals surface area contributed by atoms with Crippen molar-refractivity contribution >= 4 is 40.5 Å². The quantitative estimate of drug-likeness (QED) is 0.121. The molecular formula is C30H22N4O8S. The minimum atomic E-state index is -0.653. The summed E-state index contributed by atoms with van der Waals surface area (Å²) in [5.41, 5.74) is 7.75. The van der Waals surface area contributed by atoms with Crippen LogP contribution in [-0.2, 0) is 9.47 Å². The summed E-state index contributed by atoms with van der Waals surface area (Å²) in [5, 5.41) is 31.2. The first-order valence-corrected chi connectivity index (χ1v) is 12.6. The molecule has 0 aliphatic rings. The van der Waals surface area contributed by atoms with Crippen molar-refractivity contribution in [2.45, 2.75) is 0 Å². The molecule has 0 radical (unpaired) electrons. The Kier molecular flexibility index (Phi) is 10.3. The minimum Gasteiger partial charge on any atom is -0.465 e. The fraction of sp³-hybridized carbons (Fsp3) is 0.0667. The number of nitro benzene ring substituents is 2. The number of carbonyl (C=O) groups excluding carboxylic acids is 2. The van der Waals surface area contributed by atoms with E-state index in [1.54, 1.807) is 48.5 Å². The van der Waals surface area contributed by atoms with Gasteiger partial charge in [0.15, 0.2) is 0 Å². The summed E-state index contributed by atoms with van der Waals surface area (Å²) >= 11 is 4.89. The predicted octanol–water partition coefficient (Wildman–Crippen LogP) is 5.60. The molecule has 0 saturated carbocycles. The summed E-state index contributed by atoms with van der Waals surface area (Å²) in [6.45, 7) is 0. The molecule has 0 bridgehead atoms. The van der Waals surface area contributed by atoms with Crippen LogP contribution in [0.2, 0.25) is 0 Å². The highest BCUT2D eigenvalue weighted by Gasteiger charge is 2.22. The van der Waals surface area contributed by atoms with Gasteiger partial charge in [-0.25, -0.2) is 9.59 Å². The smallest absolute Gasteiger partial charge is 0.338 e. The number of thiocarbonyl (C=S) groups is 1. The van der Waals surface area contributed by atoms with Crippen molar-refractivity contribution in [1.29, 1.82) is 5.26 Å². The van der Waals surface area contributed by atoms with Crippen molar-refractivity contribution in [3.63, 3.8) is 0 Å². The fourth-order valence-corrected chi connectivity index (χ4v) is 4.19. The van der Waals surface area contributed by atoms with Gasteiger partial charge < -0.3 is 15.2 Å². The number of methoxy groups -OCH3 is 2. The normalized spacial score (nSPS) is 9.88. The van der Waals surface area contributed by atoms with E-state index in [1.807, 2.05) is 6.07 Å². The third-order valence-corrected chi connectivity index (χ3v) is 6.28. The van der Waals surface area contributed by atoms with Gasteiger partial charge in [-0.05, 0) is 30.3 Å². The maximum atomic E-state index is 12.0. The highest BCUT2D eigenvalue weighted by Crippen LogP contribution is 2.34. The van der Waals surface area contributed by atoms with Gasteiger partial charge in [0.25, 0.3) is 11.4 Å². The van der Waals surface area contributed by atoms with Crippen molar-refractivity contribution in [1.82, 2.24) is 0 Å². The number of hydrogen-bond acceptors (Lipinski definition) is 10. The summed E-state index contributed by atoms with van der Waals surface area (Å²) in [6.07, 6.45) is 0. The molecule has 216 valence electrons. The number of hydrogen-bond donors (Lipinski definition) is 1. The highest BCUT2D eigenvalue weighted by atomic mass is 32.1. The van der Waals surface area contributed by atoms with Crippen LogP contribution in [0, 0.1) is 31.6 Å². The third kappa shape index (κ3) is 7.20. The Labute approximate surface area is 250 Å². The molecule has 0 amide bonds. The van der Waals surface area contributed by atoms with Crippen molar-refractivity contribution in [2.75, 3.05) is 14.2 Å². The molecule has 0 saturated heterocycles. The monoisotopic (exact) mass is 598 g/mol. The fourth-order valence-electron chi connectivity index (χ4n) is 4.06. The van der Waals surface area contributed by atoms with E-state index in [2.05, 4.69) is 4.74 Å². The van der Waals surface area contributed by atoms with Crippen LogP contribution >= 0.6 is 12.2 Å². The largest absolute Gasteiger partial charge is 0.465 e. The molecule has 0 aromatic heterocycles. The molecule has 4 aromatic carbocycles. The molecule has 0 atom stereocenters. The molecule has 0 fully saturated rings. The maximum Gasteiger partial charge on any atom is 0.338 e. The van der Waals surface area contributed by atoms with Gasteiger partial charge in [-0.1, -0.05) is 54.7 Å².